The van der Waals surface area contributed by atoms with Crippen LogP contribution in [-0.2, 0) is 0 Å². The molecular formula is C16H25NO2. The minimum Gasteiger partial charge on any atom is -0.496 e. The molecule has 2 rings (SSSR count). The number of fused-ring (bicyclic) bond motifs is 1. The van der Waals surface area contributed by atoms with Gasteiger partial charge >= 0.3 is 0 Å². The average Bonchev–Trinajstić information content (AvgIpc) is 2.33. The fraction of sp³-hybridized carbons (Fsp3) is 0.625. The summed E-state index contributed by atoms with van der Waals surface area (Å²) in [6.45, 7) is 9.72. The fourth-order valence-corrected chi connectivity index (χ4v) is 2.62. The first-order valence-electron chi connectivity index (χ1n) is 7.02. The summed E-state index contributed by atoms with van der Waals surface area (Å²) in [6, 6.07) is 6.31. The highest BCUT2D eigenvalue weighted by Gasteiger charge is 2.35. The molecule has 1 aromatic carbocycles. The largest absolute Gasteiger partial charge is 0.496 e. The summed E-state index contributed by atoms with van der Waals surface area (Å²) in [7, 11) is 1.72. The molecule has 1 N–H and O–H groups in total. The van der Waals surface area contributed by atoms with Crippen molar-refractivity contribution in [3.63, 3.8) is 0 Å². The first-order chi connectivity index (χ1) is 8.93. The van der Waals surface area contributed by atoms with Gasteiger partial charge in [-0.1, -0.05) is 19.9 Å². The van der Waals surface area contributed by atoms with Crippen LogP contribution >= 0.6 is 0 Å². The molecule has 0 bridgehead atoms. The van der Waals surface area contributed by atoms with Crippen LogP contribution in [0.1, 0.15) is 45.7 Å². The lowest BCUT2D eigenvalue weighted by Gasteiger charge is -2.38. The molecule has 1 atom stereocenters. The van der Waals surface area contributed by atoms with Gasteiger partial charge < -0.3 is 14.8 Å². The number of benzene rings is 1. The molecule has 0 saturated heterocycles. The van der Waals surface area contributed by atoms with Gasteiger partial charge in [0.1, 0.15) is 17.1 Å². The van der Waals surface area contributed by atoms with E-state index in [0.29, 0.717) is 5.92 Å². The lowest BCUT2D eigenvalue weighted by atomic mass is 9.89. The Morgan fingerprint density at radius 3 is 2.79 bits per heavy atom. The molecule has 0 radical (unpaired) electrons. The first-order valence-corrected chi connectivity index (χ1v) is 7.02. The maximum atomic E-state index is 6.08. The zero-order valence-electron chi connectivity index (χ0n) is 12.6. The molecule has 1 unspecified atom stereocenters. The van der Waals surface area contributed by atoms with Crippen LogP contribution in [-0.4, -0.2) is 19.3 Å². The predicted octanol–water partition coefficient (Wildman–Crippen LogP) is 3.54. The highest BCUT2D eigenvalue weighted by atomic mass is 16.5. The molecule has 1 aromatic rings. The van der Waals surface area contributed by atoms with Crippen LogP contribution in [0.4, 0.5) is 0 Å². The summed E-state index contributed by atoms with van der Waals surface area (Å²) < 4.78 is 11.6. The van der Waals surface area contributed by atoms with Gasteiger partial charge in [0.25, 0.3) is 0 Å². The van der Waals surface area contributed by atoms with Gasteiger partial charge in [-0.05, 0) is 38.4 Å². The smallest absolute Gasteiger partial charge is 0.128 e. The van der Waals surface area contributed by atoms with Crippen LogP contribution in [0.15, 0.2) is 18.2 Å². The molecule has 106 valence electrons. The molecule has 19 heavy (non-hydrogen) atoms. The molecule has 3 nitrogen and oxygen atoms in total. The van der Waals surface area contributed by atoms with Gasteiger partial charge in [0, 0.05) is 12.5 Å². The lowest BCUT2D eigenvalue weighted by molar-refractivity contribution is 0.0642. The average molecular weight is 263 g/mol. The van der Waals surface area contributed by atoms with E-state index in [1.54, 1.807) is 7.11 Å². The van der Waals surface area contributed by atoms with E-state index in [9.17, 15) is 0 Å². The van der Waals surface area contributed by atoms with E-state index in [-0.39, 0.29) is 11.6 Å². The molecule has 1 aliphatic rings. The Kier molecular flexibility index (Phi) is 4.04. The number of rotatable bonds is 4. The molecule has 0 aromatic heterocycles. The van der Waals surface area contributed by atoms with Crippen molar-refractivity contribution in [2.75, 3.05) is 13.7 Å². The Balaban J connectivity index is 2.33. The lowest BCUT2D eigenvalue weighted by Crippen LogP contribution is -2.40. The van der Waals surface area contributed by atoms with Gasteiger partial charge in [-0.2, -0.15) is 0 Å². The molecule has 0 aliphatic carbocycles. The van der Waals surface area contributed by atoms with Crippen LogP contribution in [0.3, 0.4) is 0 Å². The molecule has 0 amide bonds. The zero-order chi connectivity index (χ0) is 14.0. The van der Waals surface area contributed by atoms with Crippen molar-refractivity contribution in [2.45, 2.75) is 45.8 Å². The van der Waals surface area contributed by atoms with Crippen LogP contribution in [0.25, 0.3) is 0 Å². The van der Waals surface area contributed by atoms with Crippen LogP contribution in [0, 0.1) is 5.92 Å². The molecule has 1 heterocycles. The van der Waals surface area contributed by atoms with Crippen LogP contribution in [0.2, 0.25) is 0 Å². The monoisotopic (exact) mass is 263 g/mol. The summed E-state index contributed by atoms with van der Waals surface area (Å²) in [4.78, 5) is 0. The van der Waals surface area contributed by atoms with E-state index < -0.39 is 0 Å². The minimum absolute atomic E-state index is 0.145. The molecule has 3 heteroatoms. The summed E-state index contributed by atoms with van der Waals surface area (Å²) in [5, 5.41) is 3.65. The van der Waals surface area contributed by atoms with Crippen LogP contribution in [0.5, 0.6) is 11.5 Å². The van der Waals surface area contributed by atoms with Gasteiger partial charge in [-0.25, -0.2) is 0 Å². The maximum absolute atomic E-state index is 6.08. The van der Waals surface area contributed by atoms with Crippen molar-refractivity contribution in [1.82, 2.24) is 5.32 Å². The van der Waals surface area contributed by atoms with E-state index >= 15 is 0 Å². The number of nitrogens with one attached hydrogen (secondary N) is 1. The van der Waals surface area contributed by atoms with E-state index in [1.807, 2.05) is 18.2 Å². The topological polar surface area (TPSA) is 30.5 Å². The van der Waals surface area contributed by atoms with Gasteiger partial charge in [0.05, 0.1) is 12.7 Å². The highest BCUT2D eigenvalue weighted by molar-refractivity contribution is 5.48. The van der Waals surface area contributed by atoms with E-state index in [2.05, 4.69) is 33.0 Å². The zero-order valence-corrected chi connectivity index (χ0v) is 12.6. The normalized spacial score (nSPS) is 20.8. The molecular weight excluding hydrogens is 238 g/mol. The summed E-state index contributed by atoms with van der Waals surface area (Å²) in [5.74, 6) is 2.48. The molecule has 0 spiro atoms. The molecule has 1 aliphatic heterocycles. The SMILES string of the molecule is COc1cccc2c1C(NCC(C)C)CC(C)(C)O2. The molecule has 0 saturated carbocycles. The first kappa shape index (κ1) is 14.2. The summed E-state index contributed by atoms with van der Waals surface area (Å²) in [5.41, 5.74) is 1.01. The Labute approximate surface area is 116 Å². The Morgan fingerprint density at radius 1 is 1.42 bits per heavy atom. The maximum Gasteiger partial charge on any atom is 0.128 e. The van der Waals surface area contributed by atoms with Crippen molar-refractivity contribution < 1.29 is 9.47 Å². The van der Waals surface area contributed by atoms with Gasteiger partial charge in [-0.15, -0.1) is 0 Å². The Morgan fingerprint density at radius 2 is 2.16 bits per heavy atom. The number of hydrogen-bond donors (Lipinski definition) is 1. The van der Waals surface area contributed by atoms with Crippen LogP contribution < -0.4 is 14.8 Å². The number of hydrogen-bond acceptors (Lipinski definition) is 3. The van der Waals surface area contributed by atoms with E-state index in [0.717, 1.165) is 30.0 Å². The van der Waals surface area contributed by atoms with Crippen molar-refractivity contribution in [3.8, 4) is 11.5 Å². The quantitative estimate of drug-likeness (QED) is 0.901. The summed E-state index contributed by atoms with van der Waals surface area (Å²) in [6.07, 6.45) is 0.951. The second kappa shape index (κ2) is 5.41. The van der Waals surface area contributed by atoms with Crippen molar-refractivity contribution in [1.29, 1.82) is 0 Å². The third kappa shape index (κ3) is 3.21. The van der Waals surface area contributed by atoms with E-state index in [1.165, 1.54) is 0 Å². The fourth-order valence-electron chi connectivity index (χ4n) is 2.62. The van der Waals surface area contributed by atoms with Crippen molar-refractivity contribution in [2.24, 2.45) is 5.92 Å². The Hall–Kier alpha value is -1.22. The standard InChI is InChI=1S/C16H25NO2/c1-11(2)10-17-12-9-16(3,4)19-14-8-6-7-13(18-5)15(12)14/h6-8,11-12,17H,9-10H2,1-5H3. The Bertz CT molecular complexity index is 440. The molecule has 0 fully saturated rings. The third-order valence-electron chi connectivity index (χ3n) is 3.45. The predicted molar refractivity (Wildman–Crippen MR) is 77.9 cm³/mol. The summed E-state index contributed by atoms with van der Waals surface area (Å²) >= 11 is 0. The minimum atomic E-state index is -0.145. The van der Waals surface area contributed by atoms with Gasteiger partial charge in [-0.3, -0.25) is 0 Å². The third-order valence-corrected chi connectivity index (χ3v) is 3.45. The second-order valence-corrected chi connectivity index (χ2v) is 6.29. The number of methoxy groups -OCH3 is 1. The second-order valence-electron chi connectivity index (χ2n) is 6.29. The highest BCUT2D eigenvalue weighted by Crippen LogP contribution is 2.44. The van der Waals surface area contributed by atoms with Gasteiger partial charge in [0.15, 0.2) is 0 Å². The van der Waals surface area contributed by atoms with Crippen molar-refractivity contribution in [3.05, 3.63) is 23.8 Å². The van der Waals surface area contributed by atoms with Gasteiger partial charge in [0.2, 0.25) is 0 Å². The van der Waals surface area contributed by atoms with E-state index in [4.69, 9.17) is 9.47 Å². The van der Waals surface area contributed by atoms with Crippen molar-refractivity contribution >= 4 is 0 Å². The number of ether oxygens (including phenoxy) is 2.